The smallest absolute Gasteiger partial charge is 0.259 e. The van der Waals surface area contributed by atoms with E-state index in [-0.39, 0.29) is 18.3 Å². The Bertz CT molecular complexity index is 1060. The van der Waals surface area contributed by atoms with E-state index in [9.17, 15) is 24.5 Å². The maximum absolute atomic E-state index is 14.4. The van der Waals surface area contributed by atoms with Gasteiger partial charge in [0.05, 0.1) is 13.2 Å². The van der Waals surface area contributed by atoms with Crippen molar-refractivity contribution in [2.45, 2.75) is 50.0 Å². The molecule has 4 rings (SSSR count). The van der Waals surface area contributed by atoms with Gasteiger partial charge in [-0.25, -0.2) is 4.39 Å². The summed E-state index contributed by atoms with van der Waals surface area (Å²) in [6.07, 6.45) is -1.34. The second kappa shape index (κ2) is 9.46. The predicted molar refractivity (Wildman–Crippen MR) is 125 cm³/mol. The Morgan fingerprint density at radius 3 is 2.63 bits per heavy atom. The first-order valence-electron chi connectivity index (χ1n) is 11.6. The molecule has 0 spiro atoms. The quantitative estimate of drug-likeness (QED) is 0.534. The van der Waals surface area contributed by atoms with E-state index >= 15 is 0 Å². The maximum Gasteiger partial charge on any atom is 0.259 e. The topological polar surface area (TPSA) is 109 Å². The van der Waals surface area contributed by atoms with Gasteiger partial charge in [0.2, 0.25) is 11.4 Å². The van der Waals surface area contributed by atoms with Crippen LogP contribution in [0.15, 0.2) is 41.0 Å². The molecule has 0 aromatic heterocycles. The lowest BCUT2D eigenvalue weighted by Gasteiger charge is -2.50. The largest absolute Gasteiger partial charge is 0.491 e. The molecule has 2 heterocycles. The van der Waals surface area contributed by atoms with E-state index in [4.69, 9.17) is 25.8 Å². The molecule has 0 saturated carbocycles. The molecule has 35 heavy (non-hydrogen) atoms. The minimum absolute atomic E-state index is 0.164. The van der Waals surface area contributed by atoms with Gasteiger partial charge in [0.25, 0.3) is 5.91 Å². The van der Waals surface area contributed by atoms with Crippen molar-refractivity contribution in [2.75, 3.05) is 27.3 Å². The van der Waals surface area contributed by atoms with Crippen molar-refractivity contribution in [1.29, 1.82) is 0 Å². The zero-order valence-corrected chi connectivity index (χ0v) is 20.8. The summed E-state index contributed by atoms with van der Waals surface area (Å²) >= 11 is 6.54. The Kier molecular flexibility index (Phi) is 7.04. The molecule has 1 aromatic rings. The number of rotatable bonds is 6. The predicted octanol–water partition coefficient (Wildman–Crippen LogP) is 1.75. The van der Waals surface area contributed by atoms with Gasteiger partial charge >= 0.3 is 0 Å². The number of allylic oxidation sites excluding steroid dienone is 3. The van der Waals surface area contributed by atoms with E-state index < -0.39 is 47.3 Å². The molecule has 2 bridgehead atoms. The number of aliphatic hydroxyl groups excluding tert-OH is 3. The van der Waals surface area contributed by atoms with Crippen LogP contribution in [0.5, 0.6) is 5.75 Å². The van der Waals surface area contributed by atoms with Gasteiger partial charge in [-0.2, -0.15) is 0 Å². The van der Waals surface area contributed by atoms with E-state index in [1.165, 1.54) is 25.1 Å². The fraction of sp³-hybridized carbons (Fsp3) is 0.560. The van der Waals surface area contributed by atoms with Crippen LogP contribution < -0.4 is 4.74 Å². The first kappa shape index (κ1) is 26.1. The van der Waals surface area contributed by atoms with Crippen molar-refractivity contribution in [1.82, 2.24) is 4.90 Å². The fourth-order valence-corrected chi connectivity index (χ4v) is 5.60. The molecular weight excluding hydrogens is 481 g/mol. The van der Waals surface area contributed by atoms with Crippen molar-refractivity contribution in [3.05, 3.63) is 52.3 Å². The standard InChI is InChI=1S/C25H31ClFNO7/c1-5-33-19-9-6-14(11-18(19)27)10-15-13(2)16(7-8-17(15)26)25-22(31)20(29)21(30)24(35-25,12-34-25)23(32)28(3)4/h6-9,11,13,16,20-22,29-31H,5,10,12H2,1-4H3/t13?,16?,20-,21-,22+,24-,25-/m0/s1. The van der Waals surface area contributed by atoms with Crippen LogP contribution in [0.4, 0.5) is 4.39 Å². The zero-order valence-electron chi connectivity index (χ0n) is 20.1. The Morgan fingerprint density at radius 2 is 2.00 bits per heavy atom. The first-order chi connectivity index (χ1) is 16.5. The number of hydrogen-bond donors (Lipinski definition) is 3. The summed E-state index contributed by atoms with van der Waals surface area (Å²) in [5.41, 5.74) is -0.449. The zero-order chi connectivity index (χ0) is 25.7. The highest BCUT2D eigenvalue weighted by Gasteiger charge is 2.72. The Labute approximate surface area is 208 Å². The molecule has 2 saturated heterocycles. The van der Waals surface area contributed by atoms with Gasteiger partial charge < -0.3 is 34.4 Å². The highest BCUT2D eigenvalue weighted by Crippen LogP contribution is 2.52. The lowest BCUT2D eigenvalue weighted by atomic mass is 9.72. The minimum Gasteiger partial charge on any atom is -0.491 e. The van der Waals surface area contributed by atoms with E-state index in [2.05, 4.69) is 0 Å². The molecular formula is C25H31ClFNO7. The summed E-state index contributed by atoms with van der Waals surface area (Å²) in [5.74, 6) is -3.75. The highest BCUT2D eigenvalue weighted by atomic mass is 35.5. The number of nitrogens with zero attached hydrogens (tertiary/aromatic N) is 1. The van der Waals surface area contributed by atoms with Crippen molar-refractivity contribution < 1.29 is 38.7 Å². The van der Waals surface area contributed by atoms with Gasteiger partial charge in [-0.1, -0.05) is 30.7 Å². The number of fused-ring (bicyclic) bond motifs is 2. The summed E-state index contributed by atoms with van der Waals surface area (Å²) in [6.45, 7) is 3.64. The summed E-state index contributed by atoms with van der Waals surface area (Å²) in [4.78, 5) is 14.2. The lowest BCUT2D eigenvalue weighted by molar-refractivity contribution is -0.329. The average Bonchev–Trinajstić information content (AvgIpc) is 3.21. The lowest BCUT2D eigenvalue weighted by Crippen LogP contribution is -2.71. The number of carbonyl (C=O) groups excluding carboxylic acids is 1. The van der Waals surface area contributed by atoms with Crippen molar-refractivity contribution in [2.24, 2.45) is 11.8 Å². The summed E-state index contributed by atoms with van der Waals surface area (Å²) < 4.78 is 31.8. The number of carbonyl (C=O) groups is 1. The molecule has 8 nitrogen and oxygen atoms in total. The van der Waals surface area contributed by atoms with Gasteiger partial charge in [-0.05, 0) is 48.6 Å². The third kappa shape index (κ3) is 4.08. The number of amides is 1. The van der Waals surface area contributed by atoms with Crippen molar-refractivity contribution >= 4 is 17.5 Å². The number of hydrogen-bond acceptors (Lipinski definition) is 7. The van der Waals surface area contributed by atoms with Crippen molar-refractivity contribution in [3.63, 3.8) is 0 Å². The molecule has 3 aliphatic rings. The molecule has 2 fully saturated rings. The normalized spacial score (nSPS) is 36.4. The van der Waals surface area contributed by atoms with E-state index in [0.29, 0.717) is 23.6 Å². The summed E-state index contributed by atoms with van der Waals surface area (Å²) in [6, 6.07) is 4.71. The third-order valence-corrected chi connectivity index (χ3v) is 7.53. The van der Waals surface area contributed by atoms with Gasteiger partial charge in [0.15, 0.2) is 11.6 Å². The number of aliphatic hydroxyl groups is 3. The number of halogens is 2. The number of benzene rings is 1. The monoisotopic (exact) mass is 511 g/mol. The summed E-state index contributed by atoms with van der Waals surface area (Å²) in [7, 11) is 3.01. The Morgan fingerprint density at radius 1 is 1.29 bits per heavy atom. The average molecular weight is 512 g/mol. The molecule has 1 aromatic carbocycles. The number of ether oxygens (including phenoxy) is 3. The second-order valence-electron chi connectivity index (χ2n) is 9.50. The van der Waals surface area contributed by atoms with Crippen LogP contribution >= 0.6 is 11.6 Å². The molecule has 1 amide bonds. The first-order valence-corrected chi connectivity index (χ1v) is 11.9. The molecule has 1 aliphatic carbocycles. The minimum atomic E-state index is -1.86. The van der Waals surface area contributed by atoms with Gasteiger partial charge in [-0.15, -0.1) is 0 Å². The molecule has 192 valence electrons. The molecule has 2 aliphatic heterocycles. The van der Waals surface area contributed by atoms with Crippen LogP contribution in [0, 0.1) is 17.7 Å². The third-order valence-electron chi connectivity index (χ3n) is 7.16. The van der Waals surface area contributed by atoms with Crippen LogP contribution in [-0.4, -0.2) is 83.1 Å². The van der Waals surface area contributed by atoms with Crippen LogP contribution in [-0.2, 0) is 20.7 Å². The second-order valence-corrected chi connectivity index (χ2v) is 9.91. The Balaban J connectivity index is 1.66. The fourth-order valence-electron chi connectivity index (χ4n) is 5.28. The SMILES string of the molecule is CCOc1ccc(CC2=C(Cl)C=CC([C@]34OC[C@](C(=O)N(C)C)(O3)[C@@H](O)[C@H](O)[C@H]4O)C2C)cc1F. The molecule has 2 unspecified atom stereocenters. The molecule has 10 heteroatoms. The van der Waals surface area contributed by atoms with Crippen LogP contribution in [0.2, 0.25) is 0 Å². The van der Waals surface area contributed by atoms with Gasteiger partial charge in [0.1, 0.15) is 18.3 Å². The molecule has 7 atom stereocenters. The molecule has 0 radical (unpaired) electrons. The van der Waals surface area contributed by atoms with Crippen LogP contribution in [0.1, 0.15) is 19.4 Å². The molecule has 3 N–H and O–H groups in total. The van der Waals surface area contributed by atoms with Crippen LogP contribution in [0.25, 0.3) is 0 Å². The summed E-state index contributed by atoms with van der Waals surface area (Å²) in [5, 5.41) is 32.9. The van der Waals surface area contributed by atoms with E-state index in [1.54, 1.807) is 31.2 Å². The van der Waals surface area contributed by atoms with Gasteiger partial charge in [-0.3, -0.25) is 4.79 Å². The van der Waals surface area contributed by atoms with E-state index in [0.717, 1.165) is 5.57 Å². The maximum atomic E-state index is 14.4. The number of likely N-dealkylation sites (N-methyl/N-ethyl adjacent to an activating group) is 1. The highest BCUT2D eigenvalue weighted by molar-refractivity contribution is 6.31. The van der Waals surface area contributed by atoms with E-state index in [1.807, 2.05) is 6.92 Å². The Hall–Kier alpha value is -2.01. The van der Waals surface area contributed by atoms with Crippen LogP contribution in [0.3, 0.4) is 0 Å². The van der Waals surface area contributed by atoms with Crippen molar-refractivity contribution in [3.8, 4) is 5.75 Å². The van der Waals surface area contributed by atoms with Gasteiger partial charge in [0, 0.05) is 25.0 Å².